The highest BCUT2D eigenvalue weighted by Gasteiger charge is 2.51. The number of benzene rings is 1. The first-order valence-corrected chi connectivity index (χ1v) is 8.27. The summed E-state index contributed by atoms with van der Waals surface area (Å²) in [5.41, 5.74) is 1.29. The average Bonchev–Trinajstić information content (AvgIpc) is 2.82. The number of hydrogen-bond acceptors (Lipinski definition) is 3. The quantitative estimate of drug-likeness (QED) is 0.788. The Kier molecular flexibility index (Phi) is 3.65. The Labute approximate surface area is 139 Å². The lowest BCUT2D eigenvalue weighted by molar-refractivity contribution is -0.117. The molecule has 23 heavy (non-hydrogen) atoms. The Hall–Kier alpha value is -1.33. The summed E-state index contributed by atoms with van der Waals surface area (Å²) < 4.78 is 12.1. The second-order valence-electron chi connectivity index (χ2n) is 8.50. The number of anilines is 1. The topological polar surface area (TPSA) is 38.8 Å². The highest BCUT2D eigenvalue weighted by atomic mass is 16.7. The van der Waals surface area contributed by atoms with Crippen LogP contribution in [0, 0.1) is 5.41 Å². The van der Waals surface area contributed by atoms with Gasteiger partial charge in [0.25, 0.3) is 0 Å². The fourth-order valence-electron chi connectivity index (χ4n) is 3.10. The maximum atomic E-state index is 12.2. The summed E-state index contributed by atoms with van der Waals surface area (Å²) in [6, 6.07) is 7.96. The molecule has 4 nitrogen and oxygen atoms in total. The molecule has 5 heteroatoms. The largest absolute Gasteiger partial charge is 0.494 e. The Morgan fingerprint density at radius 3 is 1.91 bits per heavy atom. The van der Waals surface area contributed by atoms with Crippen molar-refractivity contribution in [3.63, 3.8) is 0 Å². The fraction of sp³-hybridized carbons (Fsp3) is 0.611. The predicted octanol–water partition coefficient (Wildman–Crippen LogP) is 2.75. The number of amides is 1. The summed E-state index contributed by atoms with van der Waals surface area (Å²) in [7, 11) is -0.361. The Morgan fingerprint density at radius 2 is 1.48 bits per heavy atom. The lowest BCUT2D eigenvalue weighted by Gasteiger charge is -2.32. The molecule has 3 rings (SSSR count). The van der Waals surface area contributed by atoms with Crippen LogP contribution in [0.1, 0.15) is 48.0 Å². The van der Waals surface area contributed by atoms with Crippen molar-refractivity contribution in [1.29, 1.82) is 0 Å². The van der Waals surface area contributed by atoms with Gasteiger partial charge in [-0.25, -0.2) is 0 Å². The van der Waals surface area contributed by atoms with E-state index in [-0.39, 0.29) is 29.6 Å². The van der Waals surface area contributed by atoms with Gasteiger partial charge in [-0.3, -0.25) is 4.79 Å². The van der Waals surface area contributed by atoms with Gasteiger partial charge in [-0.05, 0) is 50.7 Å². The monoisotopic (exact) mass is 315 g/mol. The predicted molar refractivity (Wildman–Crippen MR) is 92.9 cm³/mol. The lowest BCUT2D eigenvalue weighted by Crippen LogP contribution is -2.41. The van der Waals surface area contributed by atoms with Crippen molar-refractivity contribution in [3.05, 3.63) is 24.3 Å². The van der Waals surface area contributed by atoms with Gasteiger partial charge in [-0.1, -0.05) is 26.0 Å². The minimum absolute atomic E-state index is 0.0431. The molecule has 0 atom stereocenters. The summed E-state index contributed by atoms with van der Waals surface area (Å²) >= 11 is 0. The molecule has 2 aliphatic heterocycles. The van der Waals surface area contributed by atoms with E-state index >= 15 is 0 Å². The van der Waals surface area contributed by atoms with E-state index in [2.05, 4.69) is 13.8 Å². The number of hydrogen-bond donors (Lipinski definition) is 0. The first-order valence-electron chi connectivity index (χ1n) is 8.27. The van der Waals surface area contributed by atoms with Crippen molar-refractivity contribution in [1.82, 2.24) is 0 Å². The van der Waals surface area contributed by atoms with Crippen molar-refractivity contribution in [2.75, 3.05) is 11.4 Å². The minimum Gasteiger partial charge on any atom is -0.399 e. The molecule has 1 aromatic carbocycles. The zero-order valence-electron chi connectivity index (χ0n) is 15.0. The van der Waals surface area contributed by atoms with E-state index in [1.54, 1.807) is 0 Å². The number of nitrogens with zero attached hydrogens (tertiary/aromatic N) is 1. The summed E-state index contributed by atoms with van der Waals surface area (Å²) in [4.78, 5) is 14.0. The van der Waals surface area contributed by atoms with E-state index in [0.717, 1.165) is 17.7 Å². The van der Waals surface area contributed by atoms with Crippen LogP contribution in [0.3, 0.4) is 0 Å². The molecule has 0 aromatic heterocycles. The van der Waals surface area contributed by atoms with Crippen LogP contribution in [-0.2, 0) is 14.1 Å². The zero-order chi connectivity index (χ0) is 17.0. The molecule has 0 unspecified atom stereocenters. The molecule has 0 aliphatic carbocycles. The first kappa shape index (κ1) is 16.5. The molecule has 0 radical (unpaired) electrons. The molecule has 0 bridgehead atoms. The van der Waals surface area contributed by atoms with Crippen LogP contribution < -0.4 is 10.4 Å². The van der Waals surface area contributed by atoms with E-state index in [1.807, 2.05) is 56.9 Å². The van der Waals surface area contributed by atoms with E-state index in [1.165, 1.54) is 0 Å². The molecule has 2 fully saturated rings. The van der Waals surface area contributed by atoms with Crippen molar-refractivity contribution in [3.8, 4) is 0 Å². The van der Waals surface area contributed by atoms with E-state index in [9.17, 15) is 4.79 Å². The third-order valence-corrected chi connectivity index (χ3v) is 5.25. The fourth-order valence-corrected chi connectivity index (χ4v) is 3.10. The van der Waals surface area contributed by atoms with Gasteiger partial charge in [0.05, 0.1) is 11.2 Å². The van der Waals surface area contributed by atoms with Crippen molar-refractivity contribution in [2.45, 2.75) is 59.2 Å². The minimum atomic E-state index is -0.361. The maximum absolute atomic E-state index is 12.2. The van der Waals surface area contributed by atoms with Crippen LogP contribution in [-0.4, -0.2) is 30.8 Å². The van der Waals surface area contributed by atoms with Crippen LogP contribution in [0.5, 0.6) is 0 Å². The standard InChI is InChI=1S/C18H26BNO3/c1-16(2)11-15(21)20(12-16)14-9-7-13(8-10-14)19-22-17(3,4)18(5,6)23-19/h7-10H,11-12H2,1-6H3. The molecule has 0 N–H and O–H groups in total. The highest BCUT2D eigenvalue weighted by molar-refractivity contribution is 6.62. The van der Waals surface area contributed by atoms with E-state index in [4.69, 9.17) is 9.31 Å². The van der Waals surface area contributed by atoms with Gasteiger partial charge < -0.3 is 14.2 Å². The van der Waals surface area contributed by atoms with Crippen LogP contribution in [0.15, 0.2) is 24.3 Å². The van der Waals surface area contributed by atoms with Gasteiger partial charge in [0.2, 0.25) is 5.91 Å². The zero-order valence-corrected chi connectivity index (χ0v) is 15.0. The number of carbonyl (C=O) groups is 1. The molecule has 0 saturated carbocycles. The summed E-state index contributed by atoms with van der Waals surface area (Å²) in [5, 5.41) is 0. The van der Waals surface area contributed by atoms with Gasteiger partial charge in [-0.15, -0.1) is 0 Å². The van der Waals surface area contributed by atoms with Crippen LogP contribution in [0.4, 0.5) is 5.69 Å². The third-order valence-electron chi connectivity index (χ3n) is 5.25. The summed E-state index contributed by atoms with van der Waals surface area (Å²) in [5.74, 6) is 0.193. The summed E-state index contributed by atoms with van der Waals surface area (Å²) in [6.45, 7) is 13.2. The normalized spacial score (nSPS) is 25.2. The molecule has 2 saturated heterocycles. The van der Waals surface area contributed by atoms with Crippen LogP contribution >= 0.6 is 0 Å². The van der Waals surface area contributed by atoms with Gasteiger partial charge in [0.1, 0.15) is 0 Å². The molecule has 2 heterocycles. The van der Waals surface area contributed by atoms with E-state index < -0.39 is 0 Å². The molecule has 0 spiro atoms. The van der Waals surface area contributed by atoms with Crippen molar-refractivity contribution >= 4 is 24.2 Å². The smallest absolute Gasteiger partial charge is 0.399 e. The molecule has 2 aliphatic rings. The third kappa shape index (κ3) is 2.92. The maximum Gasteiger partial charge on any atom is 0.494 e. The molecular weight excluding hydrogens is 289 g/mol. The SMILES string of the molecule is CC1(C)CC(=O)N(c2ccc(B3OC(C)(C)C(C)(C)O3)cc2)C1. The Balaban J connectivity index is 1.78. The van der Waals surface area contributed by atoms with Gasteiger partial charge in [-0.2, -0.15) is 0 Å². The van der Waals surface area contributed by atoms with Gasteiger partial charge >= 0.3 is 7.12 Å². The Bertz CT molecular complexity index is 606. The Morgan fingerprint density at radius 1 is 0.957 bits per heavy atom. The second kappa shape index (κ2) is 5.08. The van der Waals surface area contributed by atoms with Crippen LogP contribution in [0.2, 0.25) is 0 Å². The number of carbonyl (C=O) groups excluding carboxylic acids is 1. The van der Waals surface area contributed by atoms with Crippen molar-refractivity contribution in [2.24, 2.45) is 5.41 Å². The highest BCUT2D eigenvalue weighted by Crippen LogP contribution is 2.37. The molecule has 1 amide bonds. The molecule has 124 valence electrons. The lowest BCUT2D eigenvalue weighted by atomic mass is 9.79. The van der Waals surface area contributed by atoms with Gasteiger partial charge in [0.15, 0.2) is 0 Å². The second-order valence-corrected chi connectivity index (χ2v) is 8.50. The molecule has 1 aromatic rings. The van der Waals surface area contributed by atoms with Crippen molar-refractivity contribution < 1.29 is 14.1 Å². The summed E-state index contributed by atoms with van der Waals surface area (Å²) in [6.07, 6.45) is 0.603. The molecular formula is C18H26BNO3. The van der Waals surface area contributed by atoms with Crippen LogP contribution in [0.25, 0.3) is 0 Å². The van der Waals surface area contributed by atoms with E-state index in [0.29, 0.717) is 6.42 Å². The van der Waals surface area contributed by atoms with Gasteiger partial charge in [0, 0.05) is 18.7 Å². The average molecular weight is 315 g/mol. The number of rotatable bonds is 2. The first-order chi connectivity index (χ1) is 10.5.